The quantitative estimate of drug-likeness (QED) is 0.597. The lowest BCUT2D eigenvalue weighted by Gasteiger charge is -2.25. The van der Waals surface area contributed by atoms with E-state index in [1.807, 2.05) is 0 Å². The van der Waals surface area contributed by atoms with Crippen molar-refractivity contribution in [2.75, 3.05) is 26.2 Å². The number of nitrogens with two attached hydrogens (primary N) is 1. The molecule has 0 radical (unpaired) electrons. The van der Waals surface area contributed by atoms with Gasteiger partial charge in [-0.1, -0.05) is 12.5 Å². The highest BCUT2D eigenvalue weighted by molar-refractivity contribution is 7.91. The normalized spacial score (nSPS) is 23.8. The first-order valence-corrected chi connectivity index (χ1v) is 10.4. The number of sulfonamides is 1. The average Bonchev–Trinajstić information content (AvgIpc) is 3.15. The van der Waals surface area contributed by atoms with Crippen LogP contribution >= 0.6 is 11.3 Å². The SMILES string of the molecule is NC(=NCC1CCN(S(=O)(=O)c2cccs2)C1)NCC1CCC1. The van der Waals surface area contributed by atoms with Crippen LogP contribution in [-0.2, 0) is 10.0 Å². The number of hydrogen-bond donors (Lipinski definition) is 2. The molecule has 1 saturated carbocycles. The summed E-state index contributed by atoms with van der Waals surface area (Å²) in [5.74, 6) is 1.46. The maximum absolute atomic E-state index is 12.5. The summed E-state index contributed by atoms with van der Waals surface area (Å²) in [6, 6.07) is 3.43. The lowest BCUT2D eigenvalue weighted by atomic mass is 9.85. The van der Waals surface area contributed by atoms with Crippen molar-refractivity contribution in [1.29, 1.82) is 0 Å². The van der Waals surface area contributed by atoms with Crippen LogP contribution in [0.5, 0.6) is 0 Å². The van der Waals surface area contributed by atoms with E-state index in [1.54, 1.807) is 21.8 Å². The predicted octanol–water partition coefficient (Wildman–Crippen LogP) is 1.46. The monoisotopic (exact) mass is 356 g/mol. The summed E-state index contributed by atoms with van der Waals surface area (Å²) < 4.78 is 26.9. The Labute approximate surface area is 141 Å². The maximum Gasteiger partial charge on any atom is 0.252 e. The molecule has 1 aromatic heterocycles. The Morgan fingerprint density at radius 2 is 2.22 bits per heavy atom. The van der Waals surface area contributed by atoms with Gasteiger partial charge in [0.2, 0.25) is 0 Å². The van der Waals surface area contributed by atoms with E-state index in [4.69, 9.17) is 5.73 Å². The van der Waals surface area contributed by atoms with Crippen molar-refractivity contribution in [2.24, 2.45) is 22.6 Å². The molecule has 0 aromatic carbocycles. The molecule has 1 saturated heterocycles. The molecule has 6 nitrogen and oxygen atoms in total. The summed E-state index contributed by atoms with van der Waals surface area (Å²) >= 11 is 1.27. The summed E-state index contributed by atoms with van der Waals surface area (Å²) in [7, 11) is -3.33. The van der Waals surface area contributed by atoms with Crippen LogP contribution in [0.1, 0.15) is 25.7 Å². The highest BCUT2D eigenvalue weighted by Gasteiger charge is 2.32. The first-order chi connectivity index (χ1) is 11.1. The standard InChI is InChI=1S/C15H24N4O2S2/c16-15(17-9-12-3-1-4-12)18-10-13-6-7-19(11-13)23(20,21)14-5-2-8-22-14/h2,5,8,12-13H,1,3-4,6-7,9-11H2,(H3,16,17,18). The Balaban J connectivity index is 1.47. The minimum absolute atomic E-state index is 0.244. The highest BCUT2D eigenvalue weighted by Crippen LogP contribution is 2.27. The van der Waals surface area contributed by atoms with Crippen LogP contribution in [0.4, 0.5) is 0 Å². The molecule has 1 aliphatic heterocycles. The van der Waals surface area contributed by atoms with Gasteiger partial charge in [-0.2, -0.15) is 4.31 Å². The van der Waals surface area contributed by atoms with Crippen LogP contribution in [0, 0.1) is 11.8 Å². The Kier molecular flexibility index (Phi) is 5.23. The number of nitrogens with one attached hydrogen (secondary N) is 1. The molecule has 1 aromatic rings. The van der Waals surface area contributed by atoms with E-state index in [1.165, 1.54) is 30.6 Å². The zero-order valence-corrected chi connectivity index (χ0v) is 14.8. The van der Waals surface area contributed by atoms with E-state index < -0.39 is 10.0 Å². The zero-order valence-electron chi connectivity index (χ0n) is 13.1. The van der Waals surface area contributed by atoms with Gasteiger partial charge >= 0.3 is 0 Å². The van der Waals surface area contributed by atoms with Gasteiger partial charge in [0, 0.05) is 26.2 Å². The molecule has 0 bridgehead atoms. The number of rotatable bonds is 6. The van der Waals surface area contributed by atoms with Gasteiger partial charge in [-0.05, 0) is 42.5 Å². The summed E-state index contributed by atoms with van der Waals surface area (Å²) in [5.41, 5.74) is 5.89. The Morgan fingerprint density at radius 3 is 2.87 bits per heavy atom. The number of nitrogens with zero attached hydrogens (tertiary/aromatic N) is 2. The minimum atomic E-state index is -3.33. The van der Waals surface area contributed by atoms with Gasteiger partial charge < -0.3 is 11.1 Å². The van der Waals surface area contributed by atoms with Crippen LogP contribution in [0.15, 0.2) is 26.7 Å². The molecule has 1 atom stereocenters. The van der Waals surface area contributed by atoms with Gasteiger partial charge in [0.15, 0.2) is 5.96 Å². The molecule has 2 heterocycles. The van der Waals surface area contributed by atoms with Crippen molar-refractivity contribution in [3.8, 4) is 0 Å². The second-order valence-corrected chi connectivity index (χ2v) is 9.47. The third kappa shape index (κ3) is 4.05. The van der Waals surface area contributed by atoms with E-state index in [0.717, 1.165) is 18.9 Å². The van der Waals surface area contributed by atoms with Crippen LogP contribution in [0.3, 0.4) is 0 Å². The van der Waals surface area contributed by atoms with Crippen LogP contribution in [0.25, 0.3) is 0 Å². The van der Waals surface area contributed by atoms with Gasteiger partial charge in [0.05, 0.1) is 0 Å². The molecule has 0 spiro atoms. The zero-order chi connectivity index (χ0) is 16.3. The van der Waals surface area contributed by atoms with Gasteiger partial charge in [-0.3, -0.25) is 4.99 Å². The third-order valence-corrected chi connectivity index (χ3v) is 7.89. The number of aliphatic imine (C=N–C) groups is 1. The second kappa shape index (κ2) is 7.19. The summed E-state index contributed by atoms with van der Waals surface area (Å²) in [6.07, 6.45) is 4.71. The Morgan fingerprint density at radius 1 is 1.39 bits per heavy atom. The van der Waals surface area contributed by atoms with Gasteiger partial charge in [-0.15, -0.1) is 11.3 Å². The first-order valence-electron chi connectivity index (χ1n) is 8.13. The predicted molar refractivity (Wildman–Crippen MR) is 93.0 cm³/mol. The van der Waals surface area contributed by atoms with Crippen LogP contribution in [0.2, 0.25) is 0 Å². The fourth-order valence-corrected chi connectivity index (χ4v) is 5.61. The molecule has 8 heteroatoms. The summed E-state index contributed by atoms with van der Waals surface area (Å²) in [4.78, 5) is 4.38. The van der Waals surface area contributed by atoms with Crippen molar-refractivity contribution in [1.82, 2.24) is 9.62 Å². The molecule has 3 N–H and O–H groups in total. The van der Waals surface area contributed by atoms with E-state index in [0.29, 0.717) is 29.8 Å². The van der Waals surface area contributed by atoms with Crippen molar-refractivity contribution >= 4 is 27.3 Å². The van der Waals surface area contributed by atoms with Crippen LogP contribution in [-0.4, -0.2) is 44.9 Å². The largest absolute Gasteiger partial charge is 0.370 e. The van der Waals surface area contributed by atoms with Crippen molar-refractivity contribution in [2.45, 2.75) is 29.9 Å². The summed E-state index contributed by atoms with van der Waals surface area (Å²) in [6.45, 7) is 2.58. The third-order valence-electron chi connectivity index (χ3n) is 4.65. The molecular weight excluding hydrogens is 332 g/mol. The van der Waals surface area contributed by atoms with Gasteiger partial charge in [0.25, 0.3) is 10.0 Å². The molecule has 0 amide bonds. The molecule has 1 unspecified atom stereocenters. The van der Waals surface area contributed by atoms with E-state index >= 15 is 0 Å². The molecule has 2 aliphatic rings. The fraction of sp³-hybridized carbons (Fsp3) is 0.667. The summed E-state index contributed by atoms with van der Waals surface area (Å²) in [5, 5.41) is 4.96. The Hall–Kier alpha value is -1.12. The molecule has 23 heavy (non-hydrogen) atoms. The fourth-order valence-electron chi connectivity index (χ4n) is 2.93. The average molecular weight is 357 g/mol. The molecule has 1 aliphatic carbocycles. The lowest BCUT2D eigenvalue weighted by molar-refractivity contribution is 0.315. The maximum atomic E-state index is 12.5. The number of guanidine groups is 1. The molecular formula is C15H24N4O2S2. The second-order valence-electron chi connectivity index (χ2n) is 6.35. The molecule has 3 rings (SSSR count). The van der Waals surface area contributed by atoms with E-state index in [9.17, 15) is 8.42 Å². The smallest absolute Gasteiger partial charge is 0.252 e. The van der Waals surface area contributed by atoms with E-state index in [2.05, 4.69) is 10.3 Å². The van der Waals surface area contributed by atoms with Crippen molar-refractivity contribution in [3.05, 3.63) is 17.5 Å². The molecule has 128 valence electrons. The Bertz CT molecular complexity index is 638. The lowest BCUT2D eigenvalue weighted by Crippen LogP contribution is -2.37. The topological polar surface area (TPSA) is 87.8 Å². The number of thiophene rings is 1. The first kappa shape index (κ1) is 16.7. The van der Waals surface area contributed by atoms with Crippen molar-refractivity contribution < 1.29 is 8.42 Å². The molecule has 2 fully saturated rings. The highest BCUT2D eigenvalue weighted by atomic mass is 32.2. The minimum Gasteiger partial charge on any atom is -0.370 e. The van der Waals surface area contributed by atoms with Gasteiger partial charge in [-0.25, -0.2) is 8.42 Å². The van der Waals surface area contributed by atoms with Crippen molar-refractivity contribution in [3.63, 3.8) is 0 Å². The number of hydrogen-bond acceptors (Lipinski definition) is 4. The van der Waals surface area contributed by atoms with Gasteiger partial charge in [0.1, 0.15) is 4.21 Å². The van der Waals surface area contributed by atoms with E-state index in [-0.39, 0.29) is 5.92 Å². The van der Waals surface area contributed by atoms with Crippen LogP contribution < -0.4 is 11.1 Å².